The van der Waals surface area contributed by atoms with Crippen molar-refractivity contribution in [2.45, 2.75) is 31.8 Å². The lowest BCUT2D eigenvalue weighted by molar-refractivity contribution is 0.465. The molecule has 19 heavy (non-hydrogen) atoms. The molecule has 0 radical (unpaired) electrons. The molecule has 2 aromatic rings. The van der Waals surface area contributed by atoms with E-state index >= 15 is 0 Å². The fourth-order valence-electron chi connectivity index (χ4n) is 2.83. The number of hydrogen-bond acceptors (Lipinski definition) is 2. The molecule has 0 saturated heterocycles. The molecule has 1 N–H and O–H groups in total. The van der Waals surface area contributed by atoms with Crippen LogP contribution in [0.5, 0.6) is 0 Å². The summed E-state index contributed by atoms with van der Waals surface area (Å²) >= 11 is 3.65. The van der Waals surface area contributed by atoms with Crippen molar-refractivity contribution in [1.82, 2.24) is 10.3 Å². The van der Waals surface area contributed by atoms with Gasteiger partial charge in [0.25, 0.3) is 0 Å². The lowest BCUT2D eigenvalue weighted by Gasteiger charge is -2.20. The zero-order valence-electron chi connectivity index (χ0n) is 10.9. The number of pyridine rings is 1. The number of nitrogens with zero attached hydrogens (tertiary/aromatic N) is 1. The lowest BCUT2D eigenvalue weighted by atomic mass is 10.1. The van der Waals surface area contributed by atoms with E-state index in [1.165, 1.54) is 27.6 Å². The van der Waals surface area contributed by atoms with Gasteiger partial charge in [-0.3, -0.25) is 4.98 Å². The van der Waals surface area contributed by atoms with E-state index < -0.39 is 0 Å². The van der Waals surface area contributed by atoms with Crippen LogP contribution in [-0.2, 0) is 6.42 Å². The molecular formula is C16H17BrN2. The number of benzene rings is 1. The highest BCUT2D eigenvalue weighted by Gasteiger charge is 2.25. The highest BCUT2D eigenvalue weighted by Crippen LogP contribution is 2.36. The molecule has 2 nitrogen and oxygen atoms in total. The zero-order valence-corrected chi connectivity index (χ0v) is 12.5. The first-order chi connectivity index (χ1) is 9.25. The second-order valence-corrected chi connectivity index (χ2v) is 5.92. The normalized spacial score (nSPS) is 19.2. The summed E-state index contributed by atoms with van der Waals surface area (Å²) in [7, 11) is 0. The van der Waals surface area contributed by atoms with Crippen LogP contribution in [0.2, 0.25) is 0 Å². The summed E-state index contributed by atoms with van der Waals surface area (Å²) in [5.41, 5.74) is 4.19. The number of fused-ring (bicyclic) bond motifs is 1. The monoisotopic (exact) mass is 316 g/mol. The van der Waals surface area contributed by atoms with E-state index in [1.54, 1.807) is 0 Å². The van der Waals surface area contributed by atoms with Crippen molar-refractivity contribution >= 4 is 15.9 Å². The molecule has 0 spiro atoms. The first kappa shape index (κ1) is 12.8. The van der Waals surface area contributed by atoms with Gasteiger partial charge in [0.2, 0.25) is 0 Å². The topological polar surface area (TPSA) is 24.9 Å². The van der Waals surface area contributed by atoms with Crippen molar-refractivity contribution < 1.29 is 0 Å². The van der Waals surface area contributed by atoms with Crippen LogP contribution in [0.3, 0.4) is 0 Å². The summed E-state index contributed by atoms with van der Waals surface area (Å²) in [5, 5.41) is 3.73. The minimum Gasteiger partial charge on any atom is -0.303 e. The predicted molar refractivity (Wildman–Crippen MR) is 81.0 cm³/mol. The Morgan fingerprint density at radius 3 is 2.84 bits per heavy atom. The van der Waals surface area contributed by atoms with Gasteiger partial charge in [-0.05, 0) is 54.7 Å². The molecule has 0 bridgehead atoms. The van der Waals surface area contributed by atoms with E-state index in [4.69, 9.17) is 0 Å². The second kappa shape index (κ2) is 5.43. The molecule has 3 heteroatoms. The van der Waals surface area contributed by atoms with Crippen molar-refractivity contribution in [2.24, 2.45) is 0 Å². The quantitative estimate of drug-likeness (QED) is 0.918. The highest BCUT2D eigenvalue weighted by atomic mass is 79.9. The van der Waals surface area contributed by atoms with Crippen LogP contribution >= 0.6 is 15.9 Å². The smallest absolute Gasteiger partial charge is 0.0331 e. The maximum atomic E-state index is 4.07. The molecular weight excluding hydrogens is 300 g/mol. The number of halogens is 1. The van der Waals surface area contributed by atoms with E-state index in [0.717, 1.165) is 6.42 Å². The average Bonchev–Trinajstić information content (AvgIpc) is 2.84. The van der Waals surface area contributed by atoms with Crippen molar-refractivity contribution in [3.8, 4) is 0 Å². The van der Waals surface area contributed by atoms with E-state index in [0.29, 0.717) is 12.1 Å². The third kappa shape index (κ3) is 2.58. The van der Waals surface area contributed by atoms with Gasteiger partial charge in [-0.1, -0.05) is 28.1 Å². The Morgan fingerprint density at radius 1 is 1.26 bits per heavy atom. The Kier molecular flexibility index (Phi) is 3.67. The molecule has 0 fully saturated rings. The van der Waals surface area contributed by atoms with Gasteiger partial charge in [-0.25, -0.2) is 0 Å². The summed E-state index contributed by atoms with van der Waals surface area (Å²) in [5.74, 6) is 0. The van der Waals surface area contributed by atoms with Crippen molar-refractivity contribution in [3.63, 3.8) is 0 Å². The summed E-state index contributed by atoms with van der Waals surface area (Å²) in [6, 6.07) is 11.5. The maximum Gasteiger partial charge on any atom is 0.0331 e. The summed E-state index contributed by atoms with van der Waals surface area (Å²) in [6.07, 6.45) is 6.03. The third-order valence-corrected chi connectivity index (χ3v) is 4.61. The fraction of sp³-hybridized carbons (Fsp3) is 0.312. The molecule has 0 saturated carbocycles. The Morgan fingerprint density at radius 2 is 2.05 bits per heavy atom. The first-order valence-electron chi connectivity index (χ1n) is 6.69. The summed E-state index contributed by atoms with van der Waals surface area (Å²) in [6.45, 7) is 2.21. The van der Waals surface area contributed by atoms with Crippen LogP contribution in [-0.4, -0.2) is 4.98 Å². The Hall–Kier alpha value is -1.19. The fourth-order valence-corrected chi connectivity index (χ4v) is 3.41. The molecule has 98 valence electrons. The minimum atomic E-state index is 0.345. The van der Waals surface area contributed by atoms with Crippen LogP contribution in [0.25, 0.3) is 0 Å². The van der Waals surface area contributed by atoms with Gasteiger partial charge in [0.15, 0.2) is 0 Å². The van der Waals surface area contributed by atoms with Crippen LogP contribution in [0.15, 0.2) is 47.2 Å². The SMILES string of the molecule is C[C@@H](NC1CCc2c(Br)cccc21)c1ccncc1. The average molecular weight is 317 g/mol. The molecule has 0 amide bonds. The molecule has 1 aliphatic rings. The van der Waals surface area contributed by atoms with Crippen molar-refractivity contribution in [3.05, 3.63) is 63.9 Å². The predicted octanol–water partition coefficient (Wildman–Crippen LogP) is 4.18. The van der Waals surface area contributed by atoms with E-state index in [9.17, 15) is 0 Å². The van der Waals surface area contributed by atoms with Gasteiger partial charge in [-0.15, -0.1) is 0 Å². The number of nitrogens with one attached hydrogen (secondary N) is 1. The Balaban J connectivity index is 1.78. The summed E-state index contributed by atoms with van der Waals surface area (Å²) in [4.78, 5) is 4.07. The molecule has 1 aliphatic carbocycles. The second-order valence-electron chi connectivity index (χ2n) is 5.07. The molecule has 1 unspecified atom stereocenters. The van der Waals surface area contributed by atoms with Crippen LogP contribution in [0.4, 0.5) is 0 Å². The van der Waals surface area contributed by atoms with Crippen LogP contribution < -0.4 is 5.32 Å². The van der Waals surface area contributed by atoms with Gasteiger partial charge in [0, 0.05) is 29.0 Å². The third-order valence-electron chi connectivity index (χ3n) is 3.87. The van der Waals surface area contributed by atoms with Gasteiger partial charge >= 0.3 is 0 Å². The van der Waals surface area contributed by atoms with Gasteiger partial charge in [0.1, 0.15) is 0 Å². The maximum absolute atomic E-state index is 4.07. The lowest BCUT2D eigenvalue weighted by Crippen LogP contribution is -2.23. The molecule has 1 heterocycles. The van der Waals surface area contributed by atoms with E-state index in [-0.39, 0.29) is 0 Å². The number of hydrogen-bond donors (Lipinski definition) is 1. The molecule has 1 aromatic heterocycles. The van der Waals surface area contributed by atoms with Gasteiger partial charge in [0.05, 0.1) is 0 Å². The zero-order chi connectivity index (χ0) is 13.2. The minimum absolute atomic E-state index is 0.345. The van der Waals surface area contributed by atoms with Gasteiger partial charge in [-0.2, -0.15) is 0 Å². The molecule has 2 atom stereocenters. The largest absolute Gasteiger partial charge is 0.303 e. The molecule has 0 aliphatic heterocycles. The molecule has 3 rings (SSSR count). The van der Waals surface area contributed by atoms with Crippen LogP contribution in [0, 0.1) is 0 Å². The number of rotatable bonds is 3. The standard InChI is InChI=1S/C16H17BrN2/c1-11(12-7-9-18-10-8-12)19-16-6-5-13-14(16)3-2-4-15(13)17/h2-4,7-11,16,19H,5-6H2,1H3/t11-,16?/m1/s1. The van der Waals surface area contributed by atoms with Crippen molar-refractivity contribution in [2.75, 3.05) is 0 Å². The molecule has 1 aromatic carbocycles. The Bertz CT molecular complexity index is 568. The van der Waals surface area contributed by atoms with E-state index in [2.05, 4.69) is 63.5 Å². The summed E-state index contributed by atoms with van der Waals surface area (Å²) < 4.78 is 1.24. The van der Waals surface area contributed by atoms with E-state index in [1.807, 2.05) is 12.4 Å². The van der Waals surface area contributed by atoms with Crippen LogP contribution in [0.1, 0.15) is 42.1 Å². The number of aromatic nitrogens is 1. The van der Waals surface area contributed by atoms with Gasteiger partial charge < -0.3 is 5.32 Å². The Labute approximate surface area is 122 Å². The van der Waals surface area contributed by atoms with Crippen molar-refractivity contribution in [1.29, 1.82) is 0 Å². The first-order valence-corrected chi connectivity index (χ1v) is 7.48. The highest BCUT2D eigenvalue weighted by molar-refractivity contribution is 9.10.